The summed E-state index contributed by atoms with van der Waals surface area (Å²) >= 11 is 0. The smallest absolute Gasteiger partial charge is 0.332 e. The quantitative estimate of drug-likeness (QED) is 0.723. The maximum atomic E-state index is 12.3. The average Bonchev–Trinajstić information content (AvgIpc) is 3.08. The van der Waals surface area contributed by atoms with E-state index in [4.69, 9.17) is 4.52 Å². The summed E-state index contributed by atoms with van der Waals surface area (Å²) in [6, 6.07) is 1.92. The van der Waals surface area contributed by atoms with E-state index < -0.39 is 11.2 Å². The van der Waals surface area contributed by atoms with Gasteiger partial charge in [0.05, 0.1) is 6.04 Å². The molecule has 26 heavy (non-hydrogen) atoms. The van der Waals surface area contributed by atoms with Crippen LogP contribution in [0.25, 0.3) is 0 Å². The van der Waals surface area contributed by atoms with Crippen LogP contribution >= 0.6 is 0 Å². The van der Waals surface area contributed by atoms with Crippen molar-refractivity contribution in [1.82, 2.24) is 24.2 Å². The van der Waals surface area contributed by atoms with E-state index in [1.54, 1.807) is 14.0 Å². The lowest BCUT2D eigenvalue weighted by Gasteiger charge is -2.38. The number of aryl methyl sites for hydroxylation is 1. The van der Waals surface area contributed by atoms with E-state index in [1.807, 2.05) is 17.9 Å². The number of anilines is 1. The molecule has 0 amide bonds. The molecule has 0 radical (unpaired) electrons. The summed E-state index contributed by atoms with van der Waals surface area (Å²) in [6.07, 6.45) is 0. The number of aromatic nitrogens is 4. The molecule has 0 spiro atoms. The Labute approximate surface area is 149 Å². The van der Waals surface area contributed by atoms with Gasteiger partial charge in [-0.25, -0.2) is 4.79 Å². The van der Waals surface area contributed by atoms with Crippen LogP contribution in [0.15, 0.2) is 14.1 Å². The Bertz CT molecular complexity index is 973. The Balaban J connectivity index is 1.84. The van der Waals surface area contributed by atoms with E-state index in [2.05, 4.69) is 15.0 Å². The van der Waals surface area contributed by atoms with E-state index in [9.17, 15) is 14.9 Å². The Kier molecular flexibility index (Phi) is 4.65. The Morgan fingerprint density at radius 3 is 2.35 bits per heavy atom. The molecule has 1 fully saturated rings. The molecular formula is C16H21N7O3. The van der Waals surface area contributed by atoms with Gasteiger partial charge < -0.3 is 9.42 Å². The molecule has 1 aliphatic heterocycles. The normalized spacial score (nSPS) is 16.5. The molecular weight excluding hydrogens is 338 g/mol. The van der Waals surface area contributed by atoms with Crippen molar-refractivity contribution in [3.05, 3.63) is 38.1 Å². The van der Waals surface area contributed by atoms with Crippen LogP contribution in [0.3, 0.4) is 0 Å². The second kappa shape index (κ2) is 6.76. The molecule has 3 heterocycles. The van der Waals surface area contributed by atoms with Gasteiger partial charge in [0, 0.05) is 40.3 Å². The highest BCUT2D eigenvalue weighted by Crippen LogP contribution is 2.23. The van der Waals surface area contributed by atoms with Crippen LogP contribution in [0.1, 0.15) is 30.2 Å². The molecule has 0 aliphatic carbocycles. The topological polar surface area (TPSA) is 113 Å². The first-order chi connectivity index (χ1) is 12.3. The highest BCUT2D eigenvalue weighted by molar-refractivity contribution is 5.53. The third-order valence-corrected chi connectivity index (χ3v) is 4.81. The average molecular weight is 359 g/mol. The summed E-state index contributed by atoms with van der Waals surface area (Å²) in [5.74, 6) is 1.54. The molecule has 2 aromatic rings. The van der Waals surface area contributed by atoms with Crippen molar-refractivity contribution in [3.8, 4) is 6.07 Å². The minimum Gasteiger partial charge on any atom is -0.354 e. The molecule has 138 valence electrons. The van der Waals surface area contributed by atoms with Crippen molar-refractivity contribution >= 4 is 5.82 Å². The summed E-state index contributed by atoms with van der Waals surface area (Å²) in [7, 11) is 2.95. The zero-order chi connectivity index (χ0) is 19.0. The van der Waals surface area contributed by atoms with Gasteiger partial charge in [0.25, 0.3) is 5.56 Å². The van der Waals surface area contributed by atoms with E-state index in [-0.39, 0.29) is 11.6 Å². The maximum absolute atomic E-state index is 12.3. The Morgan fingerprint density at radius 2 is 1.81 bits per heavy atom. The molecule has 0 saturated carbocycles. The largest absolute Gasteiger partial charge is 0.354 e. The molecule has 10 heteroatoms. The number of piperazine rings is 1. The molecule has 2 aromatic heterocycles. The Morgan fingerprint density at radius 1 is 1.15 bits per heavy atom. The molecule has 1 aliphatic rings. The van der Waals surface area contributed by atoms with Crippen molar-refractivity contribution in [3.63, 3.8) is 0 Å². The van der Waals surface area contributed by atoms with E-state index in [0.717, 1.165) is 4.57 Å². The van der Waals surface area contributed by atoms with E-state index >= 15 is 0 Å². The van der Waals surface area contributed by atoms with Crippen molar-refractivity contribution < 1.29 is 4.52 Å². The first-order valence-corrected chi connectivity index (χ1v) is 8.34. The second-order valence-corrected chi connectivity index (χ2v) is 6.39. The lowest BCUT2D eigenvalue weighted by Crippen LogP contribution is -2.50. The van der Waals surface area contributed by atoms with Crippen LogP contribution in [-0.2, 0) is 14.1 Å². The predicted molar refractivity (Wildman–Crippen MR) is 92.9 cm³/mol. The molecule has 0 bridgehead atoms. The number of hydrogen-bond acceptors (Lipinski definition) is 8. The van der Waals surface area contributed by atoms with Gasteiger partial charge in [0.2, 0.25) is 5.89 Å². The van der Waals surface area contributed by atoms with Gasteiger partial charge in [-0.1, -0.05) is 5.16 Å². The van der Waals surface area contributed by atoms with E-state index in [0.29, 0.717) is 43.7 Å². The maximum Gasteiger partial charge on any atom is 0.332 e. The number of nitriles is 1. The molecule has 0 aromatic carbocycles. The van der Waals surface area contributed by atoms with E-state index in [1.165, 1.54) is 11.6 Å². The first kappa shape index (κ1) is 17.9. The highest BCUT2D eigenvalue weighted by Gasteiger charge is 2.28. The summed E-state index contributed by atoms with van der Waals surface area (Å²) < 4.78 is 7.56. The fourth-order valence-electron chi connectivity index (χ4n) is 3.26. The summed E-state index contributed by atoms with van der Waals surface area (Å²) in [6.45, 7) is 6.28. The molecule has 1 atom stereocenters. The fraction of sp³-hybridized carbons (Fsp3) is 0.562. The first-order valence-electron chi connectivity index (χ1n) is 8.34. The molecule has 1 saturated heterocycles. The van der Waals surface area contributed by atoms with Crippen molar-refractivity contribution in [2.75, 3.05) is 31.1 Å². The second-order valence-electron chi connectivity index (χ2n) is 6.39. The van der Waals surface area contributed by atoms with Crippen molar-refractivity contribution in [2.24, 2.45) is 14.1 Å². The molecule has 3 rings (SSSR count). The van der Waals surface area contributed by atoms with Gasteiger partial charge in [-0.05, 0) is 13.8 Å². The van der Waals surface area contributed by atoms with Crippen LogP contribution in [0.4, 0.5) is 5.82 Å². The highest BCUT2D eigenvalue weighted by atomic mass is 16.5. The molecule has 10 nitrogen and oxygen atoms in total. The van der Waals surface area contributed by atoms with Crippen LogP contribution in [0, 0.1) is 18.3 Å². The van der Waals surface area contributed by atoms with Crippen LogP contribution < -0.4 is 16.1 Å². The monoisotopic (exact) mass is 359 g/mol. The lowest BCUT2D eigenvalue weighted by atomic mass is 10.2. The molecule has 1 unspecified atom stereocenters. The van der Waals surface area contributed by atoms with Gasteiger partial charge in [-0.2, -0.15) is 10.2 Å². The summed E-state index contributed by atoms with van der Waals surface area (Å²) in [5.41, 5.74) is -1.02. The van der Waals surface area contributed by atoms with Gasteiger partial charge in [-0.3, -0.25) is 18.8 Å². The fourth-order valence-corrected chi connectivity index (χ4v) is 3.26. The number of rotatable bonds is 3. The molecule has 0 N–H and O–H groups in total. The van der Waals surface area contributed by atoms with Crippen molar-refractivity contribution in [1.29, 1.82) is 5.26 Å². The predicted octanol–water partition coefficient (Wildman–Crippen LogP) is -0.470. The zero-order valence-corrected chi connectivity index (χ0v) is 15.3. The summed E-state index contributed by atoms with van der Waals surface area (Å²) in [4.78, 5) is 32.9. The number of hydrogen-bond donors (Lipinski definition) is 0. The van der Waals surface area contributed by atoms with Crippen LogP contribution in [0.2, 0.25) is 0 Å². The van der Waals surface area contributed by atoms with Gasteiger partial charge >= 0.3 is 5.69 Å². The standard InChI is InChI=1S/C16H21N7O3/c1-10(13-18-11(2)19-26-13)22-5-7-23(8-6-22)14-12(9-17)15(24)21(4)16(25)20(14)3/h10H,5-8H2,1-4H3. The number of nitrogens with zero attached hydrogens (tertiary/aromatic N) is 7. The minimum absolute atomic E-state index is 0.0105. The Hall–Kier alpha value is -2.93. The summed E-state index contributed by atoms with van der Waals surface area (Å²) in [5, 5.41) is 13.2. The third kappa shape index (κ3) is 2.90. The minimum atomic E-state index is -0.567. The SMILES string of the molecule is Cc1noc(C(C)N2CCN(c3c(C#N)c(=O)n(C)c(=O)n3C)CC2)n1. The van der Waals surface area contributed by atoms with Crippen LogP contribution in [0.5, 0.6) is 0 Å². The van der Waals surface area contributed by atoms with Gasteiger partial charge in [0.1, 0.15) is 11.9 Å². The van der Waals surface area contributed by atoms with Gasteiger partial charge in [-0.15, -0.1) is 0 Å². The third-order valence-electron chi connectivity index (χ3n) is 4.81. The van der Waals surface area contributed by atoms with Crippen LogP contribution in [-0.4, -0.2) is 50.4 Å². The zero-order valence-electron chi connectivity index (χ0n) is 15.3. The van der Waals surface area contributed by atoms with Gasteiger partial charge in [0.15, 0.2) is 11.4 Å². The van der Waals surface area contributed by atoms with Crippen molar-refractivity contribution in [2.45, 2.75) is 19.9 Å². The lowest BCUT2D eigenvalue weighted by molar-refractivity contribution is 0.163.